The Hall–Kier alpha value is -0.200. The quantitative estimate of drug-likeness (QED) is 0.613. The van der Waals surface area contributed by atoms with Crippen LogP contribution in [0.1, 0.15) is 33.6 Å². The minimum absolute atomic E-state index is 0.228. The first kappa shape index (κ1) is 16.9. The maximum absolute atomic E-state index is 9.79. The lowest BCUT2D eigenvalue weighted by atomic mass is 10.0. The maximum Gasteiger partial charge on any atom is 0.0897 e. The highest BCUT2D eigenvalue weighted by atomic mass is 16.5. The fraction of sp³-hybridized carbons (Fsp3) is 1.00. The van der Waals surface area contributed by atoms with E-state index in [9.17, 15) is 5.11 Å². The summed E-state index contributed by atoms with van der Waals surface area (Å²) in [6.45, 7) is 8.91. The van der Waals surface area contributed by atoms with Crippen LogP contribution in [-0.2, 0) is 14.2 Å². The van der Waals surface area contributed by atoms with Crippen LogP contribution in [0.3, 0.4) is 0 Å². The second kappa shape index (κ2) is 9.66. The molecule has 0 aromatic heterocycles. The zero-order valence-corrected chi connectivity index (χ0v) is 12.4. The van der Waals surface area contributed by atoms with Crippen LogP contribution in [0.5, 0.6) is 0 Å². The van der Waals surface area contributed by atoms with Crippen molar-refractivity contribution in [3.05, 3.63) is 0 Å². The molecular formula is C14H29NO4. The third kappa shape index (κ3) is 8.55. The van der Waals surface area contributed by atoms with Crippen LogP contribution in [0.15, 0.2) is 0 Å². The summed E-state index contributed by atoms with van der Waals surface area (Å²) in [5, 5.41) is 13.2. The van der Waals surface area contributed by atoms with E-state index in [0.29, 0.717) is 38.5 Å². The zero-order chi connectivity index (χ0) is 14.1. The molecule has 0 amide bonds. The van der Waals surface area contributed by atoms with Crippen molar-refractivity contribution >= 4 is 0 Å². The first-order chi connectivity index (χ1) is 9.08. The molecule has 5 heteroatoms. The minimum atomic E-state index is -0.461. The molecule has 3 unspecified atom stereocenters. The molecule has 0 aromatic rings. The number of aliphatic hydroxyl groups excluding tert-OH is 1. The van der Waals surface area contributed by atoms with Crippen LogP contribution in [-0.4, -0.2) is 62.4 Å². The van der Waals surface area contributed by atoms with E-state index >= 15 is 0 Å². The highest BCUT2D eigenvalue weighted by Crippen LogP contribution is 2.12. The summed E-state index contributed by atoms with van der Waals surface area (Å²) >= 11 is 0. The van der Waals surface area contributed by atoms with Gasteiger partial charge in [0.25, 0.3) is 0 Å². The zero-order valence-electron chi connectivity index (χ0n) is 12.4. The van der Waals surface area contributed by atoms with Gasteiger partial charge in [0.2, 0.25) is 0 Å². The van der Waals surface area contributed by atoms with Crippen molar-refractivity contribution in [3.8, 4) is 0 Å². The number of aliphatic hydroxyl groups is 1. The van der Waals surface area contributed by atoms with E-state index in [2.05, 4.69) is 12.2 Å². The van der Waals surface area contributed by atoms with Crippen LogP contribution in [0, 0.1) is 0 Å². The molecule has 3 atom stereocenters. The van der Waals surface area contributed by atoms with E-state index in [1.807, 2.05) is 13.8 Å². The van der Waals surface area contributed by atoms with Crippen molar-refractivity contribution in [1.82, 2.24) is 5.32 Å². The summed E-state index contributed by atoms with van der Waals surface area (Å²) in [4.78, 5) is 0. The fourth-order valence-electron chi connectivity index (χ4n) is 2.11. The molecule has 0 aliphatic carbocycles. The fourth-order valence-corrected chi connectivity index (χ4v) is 2.11. The minimum Gasteiger partial charge on any atom is -0.389 e. The van der Waals surface area contributed by atoms with Gasteiger partial charge in [0, 0.05) is 19.2 Å². The third-order valence-electron chi connectivity index (χ3n) is 3.12. The normalized spacial score (nSPS) is 25.7. The van der Waals surface area contributed by atoms with E-state index in [1.165, 1.54) is 0 Å². The van der Waals surface area contributed by atoms with E-state index in [1.54, 1.807) is 0 Å². The molecule has 19 heavy (non-hydrogen) atoms. The molecule has 2 N–H and O–H groups in total. The Kier molecular flexibility index (Phi) is 8.57. The Morgan fingerprint density at radius 2 is 2.16 bits per heavy atom. The monoisotopic (exact) mass is 275 g/mol. The number of hydrogen-bond donors (Lipinski definition) is 2. The Morgan fingerprint density at radius 3 is 2.84 bits per heavy atom. The first-order valence-corrected chi connectivity index (χ1v) is 7.30. The topological polar surface area (TPSA) is 60.0 Å². The molecule has 0 radical (unpaired) electrons. The van der Waals surface area contributed by atoms with E-state index in [4.69, 9.17) is 14.2 Å². The maximum atomic E-state index is 9.79. The van der Waals surface area contributed by atoms with Crippen LogP contribution in [0.2, 0.25) is 0 Å². The van der Waals surface area contributed by atoms with Crippen molar-refractivity contribution in [2.24, 2.45) is 0 Å². The van der Waals surface area contributed by atoms with Crippen LogP contribution in [0.25, 0.3) is 0 Å². The van der Waals surface area contributed by atoms with Gasteiger partial charge < -0.3 is 24.6 Å². The van der Waals surface area contributed by atoms with Crippen molar-refractivity contribution in [2.75, 3.05) is 33.0 Å². The Bertz CT molecular complexity index is 225. The second-order valence-corrected chi connectivity index (χ2v) is 5.46. The first-order valence-electron chi connectivity index (χ1n) is 7.30. The van der Waals surface area contributed by atoms with Gasteiger partial charge in [0.05, 0.1) is 38.1 Å². The molecule has 0 aromatic carbocycles. The summed E-state index contributed by atoms with van der Waals surface area (Å²) in [6, 6.07) is 0.447. The van der Waals surface area contributed by atoms with Gasteiger partial charge in [-0.25, -0.2) is 0 Å². The van der Waals surface area contributed by atoms with Gasteiger partial charge in [-0.3, -0.25) is 0 Å². The standard InChI is InChI=1S/C14H29NO4/c1-11(2)18-7-6-17-10-14(16)9-15-13-4-5-19-12(3)8-13/h11-16H,4-10H2,1-3H3. The Labute approximate surface area is 116 Å². The lowest BCUT2D eigenvalue weighted by Crippen LogP contribution is -2.42. The van der Waals surface area contributed by atoms with Crippen molar-refractivity contribution < 1.29 is 19.3 Å². The predicted octanol–water partition coefficient (Wildman–Crippen LogP) is 0.946. The summed E-state index contributed by atoms with van der Waals surface area (Å²) in [5.41, 5.74) is 0. The number of nitrogens with one attached hydrogen (secondary N) is 1. The van der Waals surface area contributed by atoms with Crippen LogP contribution >= 0.6 is 0 Å². The van der Waals surface area contributed by atoms with E-state index < -0.39 is 6.10 Å². The molecule has 1 aliphatic heterocycles. The van der Waals surface area contributed by atoms with Crippen molar-refractivity contribution in [2.45, 2.75) is 58.0 Å². The van der Waals surface area contributed by atoms with Crippen molar-refractivity contribution in [3.63, 3.8) is 0 Å². The average molecular weight is 275 g/mol. The summed E-state index contributed by atoms with van der Waals surface area (Å²) in [6.07, 6.45) is 2.10. The predicted molar refractivity (Wildman–Crippen MR) is 74.4 cm³/mol. The van der Waals surface area contributed by atoms with Gasteiger partial charge in [-0.05, 0) is 33.6 Å². The SMILES string of the molecule is CC(C)OCCOCC(O)CNC1CCOC(C)C1. The van der Waals surface area contributed by atoms with Gasteiger partial charge in [0.1, 0.15) is 0 Å². The molecule has 0 saturated carbocycles. The number of ether oxygens (including phenoxy) is 3. The number of hydrogen-bond acceptors (Lipinski definition) is 5. The molecule has 1 rings (SSSR count). The summed E-state index contributed by atoms with van der Waals surface area (Å²) in [5.74, 6) is 0. The van der Waals surface area contributed by atoms with Gasteiger partial charge in [-0.2, -0.15) is 0 Å². The second-order valence-electron chi connectivity index (χ2n) is 5.46. The highest BCUT2D eigenvalue weighted by molar-refractivity contribution is 4.75. The molecule has 1 heterocycles. The van der Waals surface area contributed by atoms with E-state index in [0.717, 1.165) is 19.4 Å². The highest BCUT2D eigenvalue weighted by Gasteiger charge is 2.19. The molecule has 1 aliphatic rings. The summed E-state index contributed by atoms with van der Waals surface area (Å²) in [7, 11) is 0. The van der Waals surface area contributed by atoms with Crippen LogP contribution < -0.4 is 5.32 Å². The van der Waals surface area contributed by atoms with Gasteiger partial charge in [-0.1, -0.05) is 0 Å². The molecule has 0 spiro atoms. The number of rotatable bonds is 9. The largest absolute Gasteiger partial charge is 0.389 e. The lowest BCUT2D eigenvalue weighted by molar-refractivity contribution is -0.0149. The molecule has 5 nitrogen and oxygen atoms in total. The molecular weight excluding hydrogens is 246 g/mol. The van der Waals surface area contributed by atoms with Gasteiger partial charge in [0.15, 0.2) is 0 Å². The molecule has 1 fully saturated rings. The Morgan fingerprint density at radius 1 is 1.37 bits per heavy atom. The van der Waals surface area contributed by atoms with E-state index in [-0.39, 0.29) is 6.10 Å². The Balaban J connectivity index is 1.96. The van der Waals surface area contributed by atoms with Gasteiger partial charge in [-0.15, -0.1) is 0 Å². The molecule has 0 bridgehead atoms. The molecule has 1 saturated heterocycles. The van der Waals surface area contributed by atoms with Crippen molar-refractivity contribution in [1.29, 1.82) is 0 Å². The molecule has 114 valence electrons. The third-order valence-corrected chi connectivity index (χ3v) is 3.12. The average Bonchev–Trinajstić information content (AvgIpc) is 2.35. The summed E-state index contributed by atoms with van der Waals surface area (Å²) < 4.78 is 16.2. The van der Waals surface area contributed by atoms with Gasteiger partial charge >= 0.3 is 0 Å². The lowest BCUT2D eigenvalue weighted by Gasteiger charge is -2.28. The van der Waals surface area contributed by atoms with Crippen LogP contribution in [0.4, 0.5) is 0 Å². The smallest absolute Gasteiger partial charge is 0.0897 e.